The van der Waals surface area contributed by atoms with E-state index >= 15 is 0 Å². The smallest absolute Gasteiger partial charge is 0.410 e. The predicted octanol–water partition coefficient (Wildman–Crippen LogP) is 2.63. The molecule has 0 aliphatic heterocycles. The Kier molecular flexibility index (Phi) is 5.58. The third kappa shape index (κ3) is 6.16. The minimum Gasteiger partial charge on any atom is -0.492 e. The fourth-order valence-electron chi connectivity index (χ4n) is 1.45. The van der Waals surface area contributed by atoms with Gasteiger partial charge < -0.3 is 19.5 Å². The van der Waals surface area contributed by atoms with Crippen molar-refractivity contribution in [3.63, 3.8) is 0 Å². The van der Waals surface area contributed by atoms with Gasteiger partial charge in [0.2, 0.25) is 0 Å². The van der Waals surface area contributed by atoms with Gasteiger partial charge in [0.15, 0.2) is 0 Å². The highest BCUT2D eigenvalue weighted by Crippen LogP contribution is 2.13. The van der Waals surface area contributed by atoms with Gasteiger partial charge in [-0.3, -0.25) is 0 Å². The second-order valence-electron chi connectivity index (χ2n) is 5.58. The molecule has 6 nitrogen and oxygen atoms in total. The number of rotatable bonds is 5. The van der Waals surface area contributed by atoms with Gasteiger partial charge in [-0.1, -0.05) is 6.07 Å². The van der Waals surface area contributed by atoms with Crippen LogP contribution in [-0.4, -0.2) is 47.9 Å². The van der Waals surface area contributed by atoms with Crippen molar-refractivity contribution >= 4 is 12.1 Å². The molecule has 1 aromatic carbocycles. The van der Waals surface area contributed by atoms with E-state index < -0.39 is 17.7 Å². The summed E-state index contributed by atoms with van der Waals surface area (Å²) in [6, 6.07) is 6.20. The molecule has 0 radical (unpaired) electrons. The summed E-state index contributed by atoms with van der Waals surface area (Å²) in [4.78, 5) is 24.0. The molecule has 0 aromatic heterocycles. The zero-order valence-corrected chi connectivity index (χ0v) is 12.8. The van der Waals surface area contributed by atoms with E-state index in [-0.39, 0.29) is 12.2 Å². The summed E-state index contributed by atoms with van der Waals surface area (Å²) in [5, 5.41) is 8.88. The fraction of sp³-hybridized carbons (Fsp3) is 0.467. The molecule has 0 heterocycles. The molecule has 0 unspecified atom stereocenters. The van der Waals surface area contributed by atoms with Gasteiger partial charge in [-0.2, -0.15) is 0 Å². The lowest BCUT2D eigenvalue weighted by molar-refractivity contribution is 0.0278. The molecule has 0 fully saturated rings. The Morgan fingerprint density at radius 1 is 1.29 bits per heavy atom. The summed E-state index contributed by atoms with van der Waals surface area (Å²) < 4.78 is 10.6. The number of hydrogen-bond acceptors (Lipinski definition) is 4. The number of carbonyl (C=O) groups is 2. The number of carboxylic acid groups (broad SMARTS) is 1. The number of carboxylic acids is 1. The van der Waals surface area contributed by atoms with Crippen molar-refractivity contribution in [2.24, 2.45) is 0 Å². The van der Waals surface area contributed by atoms with Gasteiger partial charge in [-0.05, 0) is 39.0 Å². The molecule has 0 bridgehead atoms. The molecule has 0 atom stereocenters. The maximum absolute atomic E-state index is 11.7. The van der Waals surface area contributed by atoms with Gasteiger partial charge >= 0.3 is 12.1 Å². The third-order valence-corrected chi connectivity index (χ3v) is 2.48. The van der Waals surface area contributed by atoms with Gasteiger partial charge in [-0.15, -0.1) is 0 Å². The zero-order chi connectivity index (χ0) is 16.0. The molecule has 21 heavy (non-hydrogen) atoms. The number of amides is 1. The molecule has 1 N–H and O–H groups in total. The topological polar surface area (TPSA) is 76.1 Å². The minimum atomic E-state index is -1.01. The largest absolute Gasteiger partial charge is 0.492 e. The van der Waals surface area contributed by atoms with E-state index in [0.29, 0.717) is 12.3 Å². The average Bonchev–Trinajstić information content (AvgIpc) is 2.37. The molecule has 1 rings (SSSR count). The predicted molar refractivity (Wildman–Crippen MR) is 77.8 cm³/mol. The van der Waals surface area contributed by atoms with E-state index in [1.165, 1.54) is 17.0 Å². The Balaban J connectivity index is 2.44. The lowest BCUT2D eigenvalue weighted by Gasteiger charge is -2.24. The highest BCUT2D eigenvalue weighted by atomic mass is 16.6. The molecule has 1 amide bonds. The van der Waals surface area contributed by atoms with Crippen LogP contribution in [0.2, 0.25) is 0 Å². The third-order valence-electron chi connectivity index (χ3n) is 2.48. The van der Waals surface area contributed by atoms with Crippen LogP contribution in [-0.2, 0) is 4.74 Å². The lowest BCUT2D eigenvalue weighted by atomic mass is 10.2. The van der Waals surface area contributed by atoms with Gasteiger partial charge in [-0.25, -0.2) is 9.59 Å². The summed E-state index contributed by atoms with van der Waals surface area (Å²) >= 11 is 0. The monoisotopic (exact) mass is 295 g/mol. The first-order valence-electron chi connectivity index (χ1n) is 6.59. The molecule has 0 aliphatic rings. The van der Waals surface area contributed by atoms with Crippen LogP contribution >= 0.6 is 0 Å². The van der Waals surface area contributed by atoms with Crippen LogP contribution < -0.4 is 4.74 Å². The van der Waals surface area contributed by atoms with Crippen LogP contribution in [0, 0.1) is 0 Å². The van der Waals surface area contributed by atoms with Crippen molar-refractivity contribution in [3.05, 3.63) is 29.8 Å². The van der Waals surface area contributed by atoms with E-state index in [2.05, 4.69) is 0 Å². The highest BCUT2D eigenvalue weighted by Gasteiger charge is 2.19. The second kappa shape index (κ2) is 6.97. The summed E-state index contributed by atoms with van der Waals surface area (Å²) in [6.45, 7) is 5.98. The van der Waals surface area contributed by atoms with Crippen LogP contribution in [0.5, 0.6) is 5.75 Å². The minimum absolute atomic E-state index is 0.160. The van der Waals surface area contributed by atoms with Crippen molar-refractivity contribution in [2.75, 3.05) is 20.2 Å². The maximum atomic E-state index is 11.7. The van der Waals surface area contributed by atoms with Crippen LogP contribution in [0.3, 0.4) is 0 Å². The van der Waals surface area contributed by atoms with Gasteiger partial charge in [0, 0.05) is 7.05 Å². The molecule has 6 heteroatoms. The number of aromatic carboxylic acids is 1. The summed E-state index contributed by atoms with van der Waals surface area (Å²) in [5.41, 5.74) is -0.379. The second-order valence-corrected chi connectivity index (χ2v) is 5.58. The van der Waals surface area contributed by atoms with Crippen molar-refractivity contribution in [2.45, 2.75) is 26.4 Å². The average molecular weight is 295 g/mol. The first-order chi connectivity index (χ1) is 9.69. The maximum Gasteiger partial charge on any atom is 0.410 e. The zero-order valence-electron chi connectivity index (χ0n) is 12.8. The molecule has 0 saturated heterocycles. The van der Waals surface area contributed by atoms with Crippen molar-refractivity contribution in [1.82, 2.24) is 4.90 Å². The van der Waals surface area contributed by atoms with E-state index in [1.807, 2.05) is 0 Å². The van der Waals surface area contributed by atoms with Gasteiger partial charge in [0.25, 0.3) is 0 Å². The van der Waals surface area contributed by atoms with E-state index in [0.717, 1.165) is 0 Å². The number of ether oxygens (including phenoxy) is 2. The molecule has 0 spiro atoms. The van der Waals surface area contributed by atoms with Crippen LogP contribution in [0.1, 0.15) is 31.1 Å². The molecule has 116 valence electrons. The number of likely N-dealkylation sites (N-methyl/N-ethyl adjacent to an activating group) is 1. The Morgan fingerprint density at radius 3 is 2.52 bits per heavy atom. The molecular formula is C15H21NO5. The van der Waals surface area contributed by atoms with Crippen molar-refractivity contribution < 1.29 is 24.2 Å². The summed E-state index contributed by atoms with van der Waals surface area (Å²) in [5.74, 6) is -0.557. The SMILES string of the molecule is CN(CCOc1cccc(C(=O)O)c1)C(=O)OC(C)(C)C. The quantitative estimate of drug-likeness (QED) is 0.903. The number of nitrogens with zero attached hydrogens (tertiary/aromatic N) is 1. The first-order valence-corrected chi connectivity index (χ1v) is 6.59. The number of carbonyl (C=O) groups excluding carboxylic acids is 1. The Bertz CT molecular complexity index is 507. The Labute approximate surface area is 124 Å². The Morgan fingerprint density at radius 2 is 1.95 bits per heavy atom. The number of benzene rings is 1. The lowest BCUT2D eigenvalue weighted by Crippen LogP contribution is -2.36. The standard InChI is InChI=1S/C15H21NO5/c1-15(2,3)21-14(19)16(4)8-9-20-12-7-5-6-11(10-12)13(17)18/h5-7,10H,8-9H2,1-4H3,(H,17,18). The molecular weight excluding hydrogens is 274 g/mol. The number of hydrogen-bond donors (Lipinski definition) is 1. The van der Waals surface area contributed by atoms with E-state index in [1.54, 1.807) is 40.0 Å². The molecule has 0 aliphatic carbocycles. The van der Waals surface area contributed by atoms with Crippen molar-refractivity contribution in [3.8, 4) is 5.75 Å². The fourth-order valence-corrected chi connectivity index (χ4v) is 1.45. The van der Waals surface area contributed by atoms with Gasteiger partial charge in [0.1, 0.15) is 18.0 Å². The highest BCUT2D eigenvalue weighted by molar-refractivity contribution is 5.87. The summed E-state index contributed by atoms with van der Waals surface area (Å²) in [7, 11) is 1.62. The van der Waals surface area contributed by atoms with E-state index in [4.69, 9.17) is 14.6 Å². The van der Waals surface area contributed by atoms with Crippen LogP contribution in [0.4, 0.5) is 4.79 Å². The normalized spacial score (nSPS) is 10.9. The van der Waals surface area contributed by atoms with Crippen LogP contribution in [0.15, 0.2) is 24.3 Å². The first kappa shape index (κ1) is 16.8. The Hall–Kier alpha value is -2.24. The molecule has 0 saturated carbocycles. The van der Waals surface area contributed by atoms with Crippen molar-refractivity contribution in [1.29, 1.82) is 0 Å². The summed E-state index contributed by atoms with van der Waals surface area (Å²) in [6.07, 6.45) is -0.426. The van der Waals surface area contributed by atoms with E-state index in [9.17, 15) is 9.59 Å². The van der Waals surface area contributed by atoms with Gasteiger partial charge in [0.05, 0.1) is 12.1 Å². The van der Waals surface area contributed by atoms with Crippen LogP contribution in [0.25, 0.3) is 0 Å². The molecule has 1 aromatic rings.